The lowest BCUT2D eigenvalue weighted by molar-refractivity contribution is 0.0581. The number of hydrogen-bond acceptors (Lipinski definition) is 6. The Labute approximate surface area is 79.6 Å². The van der Waals surface area contributed by atoms with Gasteiger partial charge in [-0.05, 0) is 0 Å². The highest BCUT2D eigenvalue weighted by atomic mass is 16.5. The van der Waals surface area contributed by atoms with E-state index in [9.17, 15) is 9.59 Å². The summed E-state index contributed by atoms with van der Waals surface area (Å²) in [5.41, 5.74) is 0. The van der Waals surface area contributed by atoms with Crippen LogP contribution in [-0.2, 0) is 16.5 Å². The molecule has 0 N–H and O–H groups in total. The summed E-state index contributed by atoms with van der Waals surface area (Å²) in [6, 6.07) is 0. The normalized spacial score (nSPS) is 9.64. The van der Waals surface area contributed by atoms with Crippen molar-refractivity contribution in [2.45, 2.75) is 0 Å². The predicted molar refractivity (Wildman–Crippen MR) is 43.7 cm³/mol. The van der Waals surface area contributed by atoms with E-state index in [0.717, 1.165) is 4.68 Å². The third-order valence-corrected chi connectivity index (χ3v) is 1.50. The Morgan fingerprint density at radius 2 is 1.79 bits per heavy atom. The Morgan fingerprint density at radius 3 is 2.29 bits per heavy atom. The van der Waals surface area contributed by atoms with Gasteiger partial charge in [0.05, 0.1) is 14.2 Å². The fraction of sp³-hybridized carbons (Fsp3) is 0.429. The molecule has 0 unspecified atom stereocenters. The molecule has 0 amide bonds. The predicted octanol–water partition coefficient (Wildman–Crippen LogP) is -0.612. The molecule has 0 spiro atoms. The smallest absolute Gasteiger partial charge is 0.377 e. The summed E-state index contributed by atoms with van der Waals surface area (Å²) in [7, 11) is 3.90. The van der Waals surface area contributed by atoms with E-state index in [-0.39, 0.29) is 11.6 Å². The van der Waals surface area contributed by atoms with Crippen LogP contribution in [0.5, 0.6) is 0 Å². The van der Waals surface area contributed by atoms with Crippen molar-refractivity contribution in [2.75, 3.05) is 14.2 Å². The quantitative estimate of drug-likeness (QED) is 0.591. The van der Waals surface area contributed by atoms with E-state index < -0.39 is 11.9 Å². The van der Waals surface area contributed by atoms with Gasteiger partial charge < -0.3 is 9.47 Å². The zero-order valence-electron chi connectivity index (χ0n) is 7.97. The lowest BCUT2D eigenvalue weighted by Gasteiger charge is -1.94. The molecule has 0 aromatic carbocycles. The second kappa shape index (κ2) is 3.86. The maximum Gasteiger partial charge on any atom is 0.377 e. The number of hydrogen-bond donors (Lipinski definition) is 0. The largest absolute Gasteiger partial charge is 0.463 e. The van der Waals surface area contributed by atoms with Crippen LogP contribution >= 0.6 is 0 Å². The second-order valence-corrected chi connectivity index (χ2v) is 2.37. The number of aryl methyl sites for hydroxylation is 1. The van der Waals surface area contributed by atoms with Gasteiger partial charge in [-0.2, -0.15) is 4.98 Å². The molecule has 1 aromatic heterocycles. The number of esters is 2. The van der Waals surface area contributed by atoms with E-state index in [1.165, 1.54) is 21.3 Å². The van der Waals surface area contributed by atoms with Gasteiger partial charge in [0, 0.05) is 7.05 Å². The van der Waals surface area contributed by atoms with Crippen molar-refractivity contribution in [3.8, 4) is 0 Å². The second-order valence-electron chi connectivity index (χ2n) is 2.37. The molecule has 0 saturated carbocycles. The monoisotopic (exact) mass is 199 g/mol. The van der Waals surface area contributed by atoms with Gasteiger partial charge in [-0.3, -0.25) is 0 Å². The topological polar surface area (TPSA) is 83.3 Å². The molecular weight excluding hydrogens is 190 g/mol. The van der Waals surface area contributed by atoms with Crippen molar-refractivity contribution in [1.82, 2.24) is 14.8 Å². The van der Waals surface area contributed by atoms with Crippen molar-refractivity contribution in [3.63, 3.8) is 0 Å². The van der Waals surface area contributed by atoms with Crippen LogP contribution in [0.3, 0.4) is 0 Å². The van der Waals surface area contributed by atoms with Crippen LogP contribution < -0.4 is 0 Å². The number of rotatable bonds is 2. The van der Waals surface area contributed by atoms with Gasteiger partial charge >= 0.3 is 11.9 Å². The summed E-state index contributed by atoms with van der Waals surface area (Å²) in [4.78, 5) is 25.7. The van der Waals surface area contributed by atoms with E-state index in [2.05, 4.69) is 19.6 Å². The number of aromatic nitrogens is 3. The summed E-state index contributed by atoms with van der Waals surface area (Å²) < 4.78 is 9.97. The van der Waals surface area contributed by atoms with Crippen LogP contribution in [-0.4, -0.2) is 40.9 Å². The lowest BCUT2D eigenvalue weighted by atomic mass is 10.6. The average molecular weight is 199 g/mol. The van der Waals surface area contributed by atoms with Gasteiger partial charge in [0.15, 0.2) is 0 Å². The zero-order valence-corrected chi connectivity index (χ0v) is 7.97. The minimum absolute atomic E-state index is 0.0482. The first-order valence-electron chi connectivity index (χ1n) is 3.67. The molecule has 0 bridgehead atoms. The molecule has 76 valence electrons. The van der Waals surface area contributed by atoms with Crippen molar-refractivity contribution >= 4 is 11.9 Å². The van der Waals surface area contributed by atoms with Gasteiger partial charge in [0.2, 0.25) is 5.82 Å². The minimum Gasteiger partial charge on any atom is -0.463 e. The summed E-state index contributed by atoms with van der Waals surface area (Å²) >= 11 is 0. The van der Waals surface area contributed by atoms with E-state index in [1.807, 2.05) is 0 Å². The zero-order chi connectivity index (χ0) is 10.7. The third-order valence-electron chi connectivity index (χ3n) is 1.50. The summed E-state index contributed by atoms with van der Waals surface area (Å²) in [6.07, 6.45) is 0. The summed E-state index contributed by atoms with van der Waals surface area (Å²) in [5, 5.41) is 3.68. The Kier molecular flexibility index (Phi) is 2.80. The highest BCUT2D eigenvalue weighted by molar-refractivity contribution is 5.89. The molecule has 1 aromatic rings. The number of carbonyl (C=O) groups excluding carboxylic acids is 2. The van der Waals surface area contributed by atoms with Gasteiger partial charge in [0.25, 0.3) is 5.82 Å². The van der Waals surface area contributed by atoms with Crippen molar-refractivity contribution in [1.29, 1.82) is 0 Å². The van der Waals surface area contributed by atoms with Crippen LogP contribution in [0.4, 0.5) is 0 Å². The Morgan fingerprint density at radius 1 is 1.21 bits per heavy atom. The fourth-order valence-electron chi connectivity index (χ4n) is 0.831. The molecule has 14 heavy (non-hydrogen) atoms. The first-order valence-corrected chi connectivity index (χ1v) is 3.67. The molecule has 0 aliphatic heterocycles. The van der Waals surface area contributed by atoms with E-state index in [1.54, 1.807) is 0 Å². The van der Waals surface area contributed by atoms with Crippen LogP contribution in [0.25, 0.3) is 0 Å². The molecule has 7 nitrogen and oxygen atoms in total. The fourth-order valence-corrected chi connectivity index (χ4v) is 0.831. The maximum absolute atomic E-state index is 11.1. The van der Waals surface area contributed by atoms with Gasteiger partial charge in [0.1, 0.15) is 0 Å². The van der Waals surface area contributed by atoms with Crippen molar-refractivity contribution in [3.05, 3.63) is 11.6 Å². The van der Waals surface area contributed by atoms with E-state index >= 15 is 0 Å². The number of ether oxygens (including phenoxy) is 2. The Balaban J connectivity index is 3.05. The lowest BCUT2D eigenvalue weighted by Crippen LogP contribution is -2.09. The van der Waals surface area contributed by atoms with Gasteiger partial charge in [-0.1, -0.05) is 0 Å². The van der Waals surface area contributed by atoms with Crippen LogP contribution in [0.1, 0.15) is 21.2 Å². The number of methoxy groups -OCH3 is 2. The standard InChI is InChI=1S/C7H9N3O4/c1-10-5(7(12)14-3)8-4(9-10)6(11)13-2/h1-3H3. The molecule has 0 fully saturated rings. The highest BCUT2D eigenvalue weighted by Crippen LogP contribution is 1.99. The maximum atomic E-state index is 11.1. The molecule has 1 heterocycles. The molecule has 0 saturated heterocycles. The molecule has 0 radical (unpaired) electrons. The molecule has 0 aliphatic rings. The van der Waals surface area contributed by atoms with Crippen molar-refractivity contribution < 1.29 is 19.1 Å². The van der Waals surface area contributed by atoms with Gasteiger partial charge in [-0.25, -0.2) is 14.3 Å². The number of nitrogens with zero attached hydrogens (tertiary/aromatic N) is 3. The molecule has 0 atom stereocenters. The van der Waals surface area contributed by atoms with E-state index in [4.69, 9.17) is 0 Å². The molecule has 7 heteroatoms. The van der Waals surface area contributed by atoms with Crippen LogP contribution in [0.2, 0.25) is 0 Å². The first kappa shape index (κ1) is 10.2. The molecule has 1 rings (SSSR count). The van der Waals surface area contributed by atoms with Crippen LogP contribution in [0.15, 0.2) is 0 Å². The Hall–Kier alpha value is -1.92. The van der Waals surface area contributed by atoms with Crippen molar-refractivity contribution in [2.24, 2.45) is 7.05 Å². The molecular formula is C7H9N3O4. The SMILES string of the molecule is COC(=O)c1nc(C(=O)OC)n(C)n1. The Bertz CT molecular complexity index is 371. The van der Waals surface area contributed by atoms with Crippen LogP contribution in [0, 0.1) is 0 Å². The third kappa shape index (κ3) is 1.70. The van der Waals surface area contributed by atoms with Gasteiger partial charge in [-0.15, -0.1) is 5.10 Å². The summed E-state index contributed by atoms with van der Waals surface area (Å²) in [5.74, 6) is -1.57. The molecule has 0 aliphatic carbocycles. The highest BCUT2D eigenvalue weighted by Gasteiger charge is 2.19. The van der Waals surface area contributed by atoms with E-state index in [0.29, 0.717) is 0 Å². The number of carbonyl (C=O) groups is 2. The average Bonchev–Trinajstić information content (AvgIpc) is 2.58. The first-order chi connectivity index (χ1) is 6.60. The minimum atomic E-state index is -0.698. The summed E-state index contributed by atoms with van der Waals surface area (Å²) in [6.45, 7) is 0.